The Kier molecular flexibility index (Phi) is 36.6. The Balaban J connectivity index is 3.32. The van der Waals surface area contributed by atoms with E-state index in [2.05, 4.69) is 26.0 Å². The molecule has 0 heterocycles. The molecular weight excluding hydrogens is 532 g/mol. The van der Waals surface area contributed by atoms with Crippen LogP contribution < -0.4 is 0 Å². The predicted octanol–water partition coefficient (Wildman–Crippen LogP) is 12.2. The highest BCUT2D eigenvalue weighted by Crippen LogP contribution is 2.15. The van der Waals surface area contributed by atoms with Gasteiger partial charge in [-0.15, -0.1) is 0 Å². The molecule has 4 nitrogen and oxygen atoms in total. The van der Waals surface area contributed by atoms with Crippen LogP contribution in [-0.2, 0) is 14.3 Å². The second-order valence-corrected chi connectivity index (χ2v) is 13.0. The van der Waals surface area contributed by atoms with Crippen molar-refractivity contribution < 1.29 is 19.4 Å². The molecule has 0 amide bonds. The number of carbonyl (C=O) groups is 1. The van der Waals surface area contributed by atoms with Gasteiger partial charge in [0.2, 0.25) is 0 Å². The Hall–Kier alpha value is -0.870. The standard InChI is InChI=1S/C39H76O4/c1-3-5-7-9-11-12-13-14-15-16-17-18-19-20-21-22-23-24-25-26-27-28-29-30-32-34-39(41)43-38(36-40)37-42-35-33-31-10-8-6-4-2/h16-17,38,40H,3-15,18-37H2,1-2H3/b17-16-. The Labute approximate surface area is 269 Å². The molecule has 4 heteroatoms. The number of esters is 1. The third-order valence-corrected chi connectivity index (χ3v) is 8.59. The zero-order chi connectivity index (χ0) is 31.3. The topological polar surface area (TPSA) is 55.8 Å². The number of unbranched alkanes of at least 4 members (excludes halogenated alkanes) is 26. The van der Waals surface area contributed by atoms with Gasteiger partial charge in [-0.2, -0.15) is 0 Å². The van der Waals surface area contributed by atoms with Crippen molar-refractivity contribution in [3.05, 3.63) is 12.2 Å². The molecule has 0 rings (SSSR count). The largest absolute Gasteiger partial charge is 0.457 e. The first kappa shape index (κ1) is 42.1. The summed E-state index contributed by atoms with van der Waals surface area (Å²) in [5.74, 6) is -0.201. The van der Waals surface area contributed by atoms with E-state index in [1.165, 1.54) is 167 Å². The molecule has 43 heavy (non-hydrogen) atoms. The molecule has 0 aromatic carbocycles. The number of aliphatic hydroxyl groups is 1. The lowest BCUT2D eigenvalue weighted by molar-refractivity contribution is -0.154. The molecule has 0 aromatic rings. The van der Waals surface area contributed by atoms with Crippen molar-refractivity contribution in [3.63, 3.8) is 0 Å². The molecule has 0 saturated heterocycles. The van der Waals surface area contributed by atoms with Gasteiger partial charge in [-0.25, -0.2) is 0 Å². The van der Waals surface area contributed by atoms with E-state index in [9.17, 15) is 9.90 Å². The average Bonchev–Trinajstić information content (AvgIpc) is 3.01. The van der Waals surface area contributed by atoms with Crippen LogP contribution in [0.3, 0.4) is 0 Å². The van der Waals surface area contributed by atoms with Crippen LogP contribution in [-0.4, -0.2) is 37.0 Å². The van der Waals surface area contributed by atoms with E-state index in [-0.39, 0.29) is 12.6 Å². The summed E-state index contributed by atoms with van der Waals surface area (Å²) >= 11 is 0. The van der Waals surface area contributed by atoms with Crippen LogP contribution in [0, 0.1) is 0 Å². The van der Waals surface area contributed by atoms with Gasteiger partial charge >= 0.3 is 5.97 Å². The van der Waals surface area contributed by atoms with E-state index in [4.69, 9.17) is 9.47 Å². The van der Waals surface area contributed by atoms with Crippen LogP contribution in [0.2, 0.25) is 0 Å². The summed E-state index contributed by atoms with van der Waals surface area (Å²) in [7, 11) is 0. The Morgan fingerprint density at radius 3 is 1.33 bits per heavy atom. The van der Waals surface area contributed by atoms with Crippen molar-refractivity contribution in [1.82, 2.24) is 0 Å². The molecule has 0 aliphatic heterocycles. The van der Waals surface area contributed by atoms with Gasteiger partial charge < -0.3 is 14.6 Å². The van der Waals surface area contributed by atoms with E-state index in [1.54, 1.807) is 0 Å². The maximum atomic E-state index is 12.1. The van der Waals surface area contributed by atoms with Gasteiger partial charge in [0.1, 0.15) is 6.10 Å². The lowest BCUT2D eigenvalue weighted by Gasteiger charge is -2.15. The van der Waals surface area contributed by atoms with Crippen molar-refractivity contribution in [1.29, 1.82) is 0 Å². The Morgan fingerprint density at radius 1 is 0.535 bits per heavy atom. The van der Waals surface area contributed by atoms with Crippen LogP contribution in [0.1, 0.15) is 206 Å². The smallest absolute Gasteiger partial charge is 0.306 e. The number of allylic oxidation sites excluding steroid dienone is 2. The molecule has 0 bridgehead atoms. The van der Waals surface area contributed by atoms with Gasteiger partial charge in [0.05, 0.1) is 13.2 Å². The summed E-state index contributed by atoms with van der Waals surface area (Å²) in [5, 5.41) is 9.48. The van der Waals surface area contributed by atoms with Crippen LogP contribution in [0.4, 0.5) is 0 Å². The maximum absolute atomic E-state index is 12.1. The Bertz CT molecular complexity index is 561. The molecule has 0 aliphatic carbocycles. The summed E-state index contributed by atoms with van der Waals surface area (Å²) < 4.78 is 11.0. The molecule has 0 saturated carbocycles. The summed E-state index contributed by atoms with van der Waals surface area (Å²) in [5.41, 5.74) is 0. The number of rotatable bonds is 36. The molecule has 1 N–H and O–H groups in total. The minimum atomic E-state index is -0.524. The first-order valence-corrected chi connectivity index (χ1v) is 19.3. The second-order valence-electron chi connectivity index (χ2n) is 13.0. The molecule has 1 atom stereocenters. The Morgan fingerprint density at radius 2 is 0.907 bits per heavy atom. The number of hydrogen-bond donors (Lipinski definition) is 1. The fourth-order valence-corrected chi connectivity index (χ4v) is 5.68. The normalized spacial score (nSPS) is 12.3. The zero-order valence-corrected chi connectivity index (χ0v) is 29.2. The lowest BCUT2D eigenvalue weighted by Crippen LogP contribution is -2.27. The van der Waals surface area contributed by atoms with Crippen molar-refractivity contribution in [2.24, 2.45) is 0 Å². The predicted molar refractivity (Wildman–Crippen MR) is 187 cm³/mol. The molecule has 0 fully saturated rings. The van der Waals surface area contributed by atoms with Gasteiger partial charge in [0, 0.05) is 13.0 Å². The zero-order valence-electron chi connectivity index (χ0n) is 29.2. The SMILES string of the molecule is CCCCCCCCCC/C=C\CCCCCCCCCCCCCCCC(=O)OC(CO)COCCCCCCCC. The first-order valence-electron chi connectivity index (χ1n) is 19.3. The van der Waals surface area contributed by atoms with Crippen LogP contribution in [0.15, 0.2) is 12.2 Å². The van der Waals surface area contributed by atoms with Gasteiger partial charge in [0.25, 0.3) is 0 Å². The third kappa shape index (κ3) is 35.5. The quantitative estimate of drug-likeness (QED) is 0.0437. The van der Waals surface area contributed by atoms with Crippen molar-refractivity contribution in [2.75, 3.05) is 19.8 Å². The highest BCUT2D eigenvalue weighted by molar-refractivity contribution is 5.69. The van der Waals surface area contributed by atoms with E-state index in [0.29, 0.717) is 19.6 Å². The number of carbonyl (C=O) groups excluding carboxylic acids is 1. The molecular formula is C39H76O4. The molecule has 0 radical (unpaired) electrons. The number of aliphatic hydroxyl groups excluding tert-OH is 1. The maximum Gasteiger partial charge on any atom is 0.306 e. The van der Waals surface area contributed by atoms with E-state index >= 15 is 0 Å². The number of ether oxygens (including phenoxy) is 2. The summed E-state index contributed by atoms with van der Waals surface area (Å²) in [6.07, 6.45) is 42.8. The van der Waals surface area contributed by atoms with E-state index in [0.717, 1.165) is 19.3 Å². The molecule has 1 unspecified atom stereocenters. The highest BCUT2D eigenvalue weighted by Gasteiger charge is 2.13. The minimum Gasteiger partial charge on any atom is -0.457 e. The van der Waals surface area contributed by atoms with E-state index < -0.39 is 6.10 Å². The van der Waals surface area contributed by atoms with Gasteiger partial charge in [-0.05, 0) is 38.5 Å². The van der Waals surface area contributed by atoms with Crippen LogP contribution in [0.5, 0.6) is 0 Å². The van der Waals surface area contributed by atoms with Gasteiger partial charge in [-0.1, -0.05) is 174 Å². The summed E-state index contributed by atoms with van der Waals surface area (Å²) in [4.78, 5) is 12.1. The van der Waals surface area contributed by atoms with Crippen molar-refractivity contribution in [2.45, 2.75) is 213 Å². The van der Waals surface area contributed by atoms with Gasteiger partial charge in [0.15, 0.2) is 0 Å². The molecule has 0 spiro atoms. The van der Waals surface area contributed by atoms with Crippen LogP contribution >= 0.6 is 0 Å². The minimum absolute atomic E-state index is 0.167. The lowest BCUT2D eigenvalue weighted by atomic mass is 10.0. The monoisotopic (exact) mass is 609 g/mol. The molecule has 256 valence electrons. The highest BCUT2D eigenvalue weighted by atomic mass is 16.6. The second kappa shape index (κ2) is 37.3. The van der Waals surface area contributed by atoms with Crippen molar-refractivity contribution >= 4 is 5.97 Å². The van der Waals surface area contributed by atoms with Crippen LogP contribution in [0.25, 0.3) is 0 Å². The third-order valence-electron chi connectivity index (χ3n) is 8.59. The number of hydrogen-bond acceptors (Lipinski definition) is 4. The van der Waals surface area contributed by atoms with Crippen molar-refractivity contribution in [3.8, 4) is 0 Å². The molecule has 0 aromatic heterocycles. The summed E-state index contributed by atoms with van der Waals surface area (Å²) in [6.45, 7) is 5.32. The summed E-state index contributed by atoms with van der Waals surface area (Å²) in [6, 6.07) is 0. The molecule has 0 aliphatic rings. The van der Waals surface area contributed by atoms with Gasteiger partial charge in [-0.3, -0.25) is 4.79 Å². The fourth-order valence-electron chi connectivity index (χ4n) is 5.68. The van der Waals surface area contributed by atoms with E-state index in [1.807, 2.05) is 0 Å². The average molecular weight is 609 g/mol. The fraction of sp³-hybridized carbons (Fsp3) is 0.923. The first-order chi connectivity index (χ1) is 21.2.